The quantitative estimate of drug-likeness (QED) is 0.803. The predicted octanol–water partition coefficient (Wildman–Crippen LogP) is 3.21. The molecule has 0 radical (unpaired) electrons. The molecule has 0 saturated heterocycles. The number of alkyl halides is 3. The van der Waals surface area contributed by atoms with Crippen LogP contribution in [-0.4, -0.2) is 17.1 Å². The zero-order valence-corrected chi connectivity index (χ0v) is 9.11. The smallest absolute Gasteiger partial charge is 0.455 e. The summed E-state index contributed by atoms with van der Waals surface area (Å²) in [5.74, 6) is -2.73. The number of hydrogen-bond donors (Lipinski definition) is 1. The van der Waals surface area contributed by atoms with E-state index in [4.69, 9.17) is 0 Å². The van der Waals surface area contributed by atoms with E-state index >= 15 is 0 Å². The first-order chi connectivity index (χ1) is 6.73. The van der Waals surface area contributed by atoms with Crippen LogP contribution in [0.1, 0.15) is 15.9 Å². The second kappa shape index (κ2) is 3.84. The van der Waals surface area contributed by atoms with E-state index in [1.807, 2.05) is 0 Å². The number of aryl methyl sites for hydroxylation is 1. The second-order valence-electron chi connectivity index (χ2n) is 2.95. The lowest BCUT2D eigenvalue weighted by Crippen LogP contribution is -2.22. The minimum atomic E-state index is -4.97. The zero-order valence-electron chi connectivity index (χ0n) is 7.52. The average Bonchev–Trinajstić information content (AvgIpc) is 2.08. The summed E-state index contributed by atoms with van der Waals surface area (Å²) in [7, 11) is 0. The highest BCUT2D eigenvalue weighted by molar-refractivity contribution is 9.10. The summed E-state index contributed by atoms with van der Waals surface area (Å²) in [6.45, 7) is 1.52. The number of hydrogen-bond acceptors (Lipinski definition) is 2. The minimum Gasteiger partial charge on any atom is -0.507 e. The molecule has 0 unspecified atom stereocenters. The van der Waals surface area contributed by atoms with Crippen LogP contribution in [0.15, 0.2) is 16.6 Å². The molecule has 15 heavy (non-hydrogen) atoms. The third-order valence-electron chi connectivity index (χ3n) is 1.78. The highest BCUT2D eigenvalue weighted by Gasteiger charge is 2.40. The molecule has 2 nitrogen and oxygen atoms in total. The summed E-state index contributed by atoms with van der Waals surface area (Å²) in [6, 6.07) is 2.06. The van der Waals surface area contributed by atoms with Gasteiger partial charge in [-0.15, -0.1) is 0 Å². The summed E-state index contributed by atoms with van der Waals surface area (Å²) in [5, 5.41) is 9.20. The third-order valence-corrected chi connectivity index (χ3v) is 2.63. The van der Waals surface area contributed by atoms with Crippen molar-refractivity contribution in [2.45, 2.75) is 13.1 Å². The molecule has 1 rings (SSSR count). The first-order valence-corrected chi connectivity index (χ1v) is 4.63. The van der Waals surface area contributed by atoms with Crippen molar-refractivity contribution in [3.63, 3.8) is 0 Å². The lowest BCUT2D eigenvalue weighted by molar-refractivity contribution is -0.0886. The molecule has 0 aliphatic carbocycles. The maximum absolute atomic E-state index is 12.1. The van der Waals surface area contributed by atoms with E-state index in [1.54, 1.807) is 0 Å². The Bertz CT molecular complexity index is 413. The van der Waals surface area contributed by atoms with Crippen molar-refractivity contribution >= 4 is 21.7 Å². The van der Waals surface area contributed by atoms with Crippen molar-refractivity contribution < 1.29 is 23.1 Å². The van der Waals surface area contributed by atoms with Crippen molar-refractivity contribution in [1.29, 1.82) is 0 Å². The Morgan fingerprint density at radius 2 is 1.93 bits per heavy atom. The summed E-state index contributed by atoms with van der Waals surface area (Å²) in [5.41, 5.74) is -0.288. The number of phenols is 1. The molecular weight excluding hydrogens is 277 g/mol. The number of phenolic OH excluding ortho intramolecular Hbond substituents is 1. The van der Waals surface area contributed by atoms with Crippen molar-refractivity contribution in [3.05, 3.63) is 27.7 Å². The van der Waals surface area contributed by atoms with E-state index in [1.165, 1.54) is 6.92 Å². The van der Waals surface area contributed by atoms with Crippen molar-refractivity contribution in [1.82, 2.24) is 0 Å². The van der Waals surface area contributed by atoms with E-state index in [0.717, 1.165) is 12.1 Å². The van der Waals surface area contributed by atoms with Crippen molar-refractivity contribution in [3.8, 4) is 5.75 Å². The number of carbonyl (C=O) groups excluding carboxylic acids is 1. The number of benzene rings is 1. The van der Waals surface area contributed by atoms with Gasteiger partial charge in [-0.25, -0.2) is 0 Å². The van der Waals surface area contributed by atoms with Crippen LogP contribution in [0.5, 0.6) is 5.75 Å². The van der Waals surface area contributed by atoms with Gasteiger partial charge in [-0.3, -0.25) is 4.79 Å². The lowest BCUT2D eigenvalue weighted by atomic mass is 10.1. The van der Waals surface area contributed by atoms with Crippen LogP contribution in [-0.2, 0) is 0 Å². The van der Waals surface area contributed by atoms with Crippen LogP contribution in [0.4, 0.5) is 13.2 Å². The van der Waals surface area contributed by atoms with Gasteiger partial charge in [-0.1, -0.05) is 15.9 Å². The fourth-order valence-corrected chi connectivity index (χ4v) is 1.34. The number of aromatic hydroxyl groups is 1. The monoisotopic (exact) mass is 282 g/mol. The summed E-state index contributed by atoms with van der Waals surface area (Å²) in [6.07, 6.45) is -4.97. The molecule has 0 saturated carbocycles. The van der Waals surface area contributed by atoms with E-state index in [-0.39, 0.29) is 0 Å². The molecule has 0 aromatic heterocycles. The largest absolute Gasteiger partial charge is 0.507 e. The first kappa shape index (κ1) is 12.0. The van der Waals surface area contributed by atoms with Gasteiger partial charge < -0.3 is 5.11 Å². The number of Topliss-reactive ketones (excluding diaryl/α,β-unsaturated/α-hetero) is 1. The van der Waals surface area contributed by atoms with E-state index in [9.17, 15) is 23.1 Å². The Labute approximate surface area is 91.8 Å². The molecule has 0 spiro atoms. The molecular formula is C9H6BrF3O2. The van der Waals surface area contributed by atoms with E-state index in [2.05, 4.69) is 15.9 Å². The standard InChI is InChI=1S/C9H6BrF3O2/c1-4-2-5(7(14)3-6(4)10)8(15)9(11,12)13/h2-3,14H,1H3. The number of carbonyl (C=O) groups is 1. The van der Waals surface area contributed by atoms with Crippen molar-refractivity contribution in [2.24, 2.45) is 0 Å². The third kappa shape index (κ3) is 2.50. The number of rotatable bonds is 1. The molecule has 6 heteroatoms. The van der Waals surface area contributed by atoms with Crippen LogP contribution in [0.3, 0.4) is 0 Å². The zero-order chi connectivity index (χ0) is 11.8. The van der Waals surface area contributed by atoms with Crippen LogP contribution in [0, 0.1) is 6.92 Å². The van der Waals surface area contributed by atoms with Crippen LogP contribution >= 0.6 is 15.9 Å². The number of halogens is 4. The molecule has 0 bridgehead atoms. The van der Waals surface area contributed by atoms with Crippen LogP contribution in [0.25, 0.3) is 0 Å². The van der Waals surface area contributed by atoms with Gasteiger partial charge in [-0.2, -0.15) is 13.2 Å². The van der Waals surface area contributed by atoms with Crippen molar-refractivity contribution in [2.75, 3.05) is 0 Å². The van der Waals surface area contributed by atoms with Gasteiger partial charge in [0.2, 0.25) is 0 Å². The molecule has 0 fully saturated rings. The highest BCUT2D eigenvalue weighted by Crippen LogP contribution is 2.31. The molecule has 0 aliphatic rings. The second-order valence-corrected chi connectivity index (χ2v) is 3.80. The Morgan fingerprint density at radius 3 is 2.40 bits per heavy atom. The topological polar surface area (TPSA) is 37.3 Å². The molecule has 1 aromatic rings. The normalized spacial score (nSPS) is 11.5. The molecule has 82 valence electrons. The van der Waals surface area contributed by atoms with Crippen LogP contribution in [0.2, 0.25) is 0 Å². The Kier molecular flexibility index (Phi) is 3.08. The molecule has 0 atom stereocenters. The Morgan fingerprint density at radius 1 is 1.40 bits per heavy atom. The lowest BCUT2D eigenvalue weighted by Gasteiger charge is -2.08. The van der Waals surface area contributed by atoms with E-state index in [0.29, 0.717) is 10.0 Å². The first-order valence-electron chi connectivity index (χ1n) is 3.84. The fraction of sp³-hybridized carbons (Fsp3) is 0.222. The molecule has 0 aliphatic heterocycles. The van der Waals surface area contributed by atoms with Gasteiger partial charge in [0.15, 0.2) is 0 Å². The fourth-order valence-electron chi connectivity index (χ4n) is 1.01. The van der Waals surface area contributed by atoms with Gasteiger partial charge in [-0.05, 0) is 24.6 Å². The van der Waals surface area contributed by atoms with Gasteiger partial charge in [0.1, 0.15) is 5.75 Å². The summed E-state index contributed by atoms with van der Waals surface area (Å²) >= 11 is 3.03. The number of ketones is 1. The van der Waals surface area contributed by atoms with Gasteiger partial charge in [0, 0.05) is 4.47 Å². The maximum Gasteiger partial charge on any atom is 0.455 e. The van der Waals surface area contributed by atoms with Gasteiger partial charge >= 0.3 is 6.18 Å². The highest BCUT2D eigenvalue weighted by atomic mass is 79.9. The predicted molar refractivity (Wildman–Crippen MR) is 50.9 cm³/mol. The maximum atomic E-state index is 12.1. The minimum absolute atomic E-state index is 0.443. The average molecular weight is 283 g/mol. The summed E-state index contributed by atoms with van der Waals surface area (Å²) in [4.78, 5) is 10.9. The summed E-state index contributed by atoms with van der Waals surface area (Å²) < 4.78 is 36.7. The molecule has 1 N–H and O–H groups in total. The molecule has 0 heterocycles. The molecule has 1 aromatic carbocycles. The molecule has 0 amide bonds. The van der Waals surface area contributed by atoms with Gasteiger partial charge in [0.05, 0.1) is 5.56 Å². The van der Waals surface area contributed by atoms with Crippen LogP contribution < -0.4 is 0 Å². The Hall–Kier alpha value is -1.04. The van der Waals surface area contributed by atoms with E-state index < -0.39 is 23.3 Å². The van der Waals surface area contributed by atoms with Gasteiger partial charge in [0.25, 0.3) is 5.78 Å². The Balaban J connectivity index is 3.28. The SMILES string of the molecule is Cc1cc(C(=O)C(F)(F)F)c(O)cc1Br.